The first-order valence-electron chi connectivity index (χ1n) is 8.83. The van der Waals surface area contributed by atoms with Gasteiger partial charge in [-0.2, -0.15) is 0 Å². The number of nitrogens with one attached hydrogen (secondary N) is 1. The minimum atomic E-state index is -0.320. The van der Waals surface area contributed by atoms with Gasteiger partial charge in [-0.1, -0.05) is 36.3 Å². The van der Waals surface area contributed by atoms with Crippen molar-refractivity contribution < 1.29 is 4.79 Å². The molecule has 0 aliphatic heterocycles. The van der Waals surface area contributed by atoms with Gasteiger partial charge in [-0.15, -0.1) is 5.92 Å². The molecule has 3 aromatic rings. The van der Waals surface area contributed by atoms with Gasteiger partial charge in [0, 0.05) is 18.8 Å². The number of nitrogens with zero attached hydrogens (tertiary/aromatic N) is 2. The topological polar surface area (TPSA) is 107 Å². The summed E-state index contributed by atoms with van der Waals surface area (Å²) in [5, 5.41) is 3.19. The van der Waals surface area contributed by atoms with Crippen LogP contribution in [0.3, 0.4) is 0 Å². The maximum absolute atomic E-state index is 13.0. The van der Waals surface area contributed by atoms with Crippen LogP contribution in [0.25, 0.3) is 0 Å². The van der Waals surface area contributed by atoms with E-state index in [4.69, 9.17) is 11.5 Å². The molecular weight excluding hydrogens is 350 g/mol. The van der Waals surface area contributed by atoms with Crippen LogP contribution in [0.2, 0.25) is 0 Å². The van der Waals surface area contributed by atoms with Gasteiger partial charge in [-0.05, 0) is 36.8 Å². The number of benzene rings is 1. The Labute approximate surface area is 164 Å². The lowest BCUT2D eigenvalue weighted by Crippen LogP contribution is -2.21. The molecule has 140 valence electrons. The third-order valence-corrected chi connectivity index (χ3v) is 4.18. The largest absolute Gasteiger partial charge is 0.383 e. The van der Waals surface area contributed by atoms with E-state index in [-0.39, 0.29) is 23.3 Å². The maximum atomic E-state index is 13.0. The molecule has 0 spiro atoms. The standard InChI is InChI=1S/C22H21N5O/c1-2-7-16-11-12-19(26-14-18(23)15-8-4-3-5-9-15)27-20(16)21(28)17-10-6-13-25-22(17)24/h3-6,8-13,18H,14,23H2,1H3,(H2,24,25)(H,26,27). The van der Waals surface area contributed by atoms with Crippen molar-refractivity contribution in [3.63, 3.8) is 0 Å². The zero-order chi connectivity index (χ0) is 19.9. The van der Waals surface area contributed by atoms with E-state index in [1.807, 2.05) is 30.3 Å². The van der Waals surface area contributed by atoms with Crippen LogP contribution in [0, 0.1) is 11.8 Å². The van der Waals surface area contributed by atoms with Crippen LogP contribution in [0.15, 0.2) is 60.8 Å². The lowest BCUT2D eigenvalue weighted by atomic mass is 10.0. The number of ketones is 1. The Bertz CT molecular complexity index is 1040. The highest BCUT2D eigenvalue weighted by molar-refractivity contribution is 6.11. The van der Waals surface area contributed by atoms with E-state index in [1.165, 1.54) is 6.20 Å². The first-order valence-corrected chi connectivity index (χ1v) is 8.83. The number of carbonyl (C=O) groups is 1. The predicted octanol–water partition coefficient (Wildman–Crippen LogP) is 2.77. The molecule has 1 unspecified atom stereocenters. The molecule has 0 fully saturated rings. The van der Waals surface area contributed by atoms with Crippen molar-refractivity contribution in [2.75, 3.05) is 17.6 Å². The van der Waals surface area contributed by atoms with Crippen molar-refractivity contribution in [3.05, 3.63) is 83.2 Å². The van der Waals surface area contributed by atoms with Gasteiger partial charge in [-0.25, -0.2) is 9.97 Å². The van der Waals surface area contributed by atoms with Gasteiger partial charge < -0.3 is 16.8 Å². The molecule has 5 N–H and O–H groups in total. The van der Waals surface area contributed by atoms with E-state index in [2.05, 4.69) is 27.1 Å². The normalized spacial score (nSPS) is 11.2. The fraction of sp³-hybridized carbons (Fsp3) is 0.136. The van der Waals surface area contributed by atoms with E-state index in [9.17, 15) is 4.79 Å². The molecule has 0 amide bonds. The lowest BCUT2D eigenvalue weighted by Gasteiger charge is -2.14. The van der Waals surface area contributed by atoms with Crippen LogP contribution in [0.5, 0.6) is 0 Å². The van der Waals surface area contributed by atoms with Crippen molar-refractivity contribution in [3.8, 4) is 11.8 Å². The van der Waals surface area contributed by atoms with E-state index in [0.717, 1.165) is 5.56 Å². The molecule has 6 nitrogen and oxygen atoms in total. The Morgan fingerprint density at radius 3 is 2.64 bits per heavy atom. The quantitative estimate of drug-likeness (QED) is 0.454. The second-order valence-electron chi connectivity index (χ2n) is 6.13. The summed E-state index contributed by atoms with van der Waals surface area (Å²) in [5.74, 6) is 6.11. The van der Waals surface area contributed by atoms with Crippen LogP contribution in [0.1, 0.15) is 40.1 Å². The summed E-state index contributed by atoms with van der Waals surface area (Å²) in [6.07, 6.45) is 1.54. The summed E-state index contributed by atoms with van der Waals surface area (Å²) in [6, 6.07) is 16.4. The summed E-state index contributed by atoms with van der Waals surface area (Å²) in [5.41, 5.74) is 14.2. The second kappa shape index (κ2) is 8.80. The van der Waals surface area contributed by atoms with Gasteiger partial charge in [0.1, 0.15) is 17.3 Å². The number of aromatic nitrogens is 2. The van der Waals surface area contributed by atoms with Crippen LogP contribution in [-0.4, -0.2) is 22.3 Å². The second-order valence-corrected chi connectivity index (χ2v) is 6.13. The zero-order valence-corrected chi connectivity index (χ0v) is 15.5. The summed E-state index contributed by atoms with van der Waals surface area (Å²) in [6.45, 7) is 2.18. The zero-order valence-electron chi connectivity index (χ0n) is 15.5. The van der Waals surface area contributed by atoms with Gasteiger partial charge in [0.05, 0.1) is 11.1 Å². The first-order chi connectivity index (χ1) is 13.6. The lowest BCUT2D eigenvalue weighted by molar-refractivity contribution is 0.103. The molecular formula is C22H21N5O. The minimum Gasteiger partial charge on any atom is -0.383 e. The van der Waals surface area contributed by atoms with Crippen molar-refractivity contribution >= 4 is 17.4 Å². The third kappa shape index (κ3) is 4.34. The van der Waals surface area contributed by atoms with Crippen molar-refractivity contribution in [1.29, 1.82) is 0 Å². The monoisotopic (exact) mass is 371 g/mol. The maximum Gasteiger partial charge on any atom is 0.216 e. The molecule has 2 aromatic heterocycles. The van der Waals surface area contributed by atoms with Gasteiger partial charge in [0.15, 0.2) is 0 Å². The molecule has 1 atom stereocenters. The molecule has 1 aromatic carbocycles. The molecule has 0 bridgehead atoms. The SMILES string of the molecule is CC#Cc1ccc(NCC(N)c2ccccc2)nc1C(=O)c1cccnc1N. The molecule has 0 aliphatic rings. The minimum absolute atomic E-state index is 0.161. The van der Waals surface area contributed by atoms with Crippen molar-refractivity contribution in [1.82, 2.24) is 9.97 Å². The third-order valence-electron chi connectivity index (χ3n) is 4.18. The highest BCUT2D eigenvalue weighted by Crippen LogP contribution is 2.19. The van der Waals surface area contributed by atoms with Gasteiger partial charge in [-0.3, -0.25) is 4.79 Å². The number of nitrogen functional groups attached to an aromatic ring is 1. The predicted molar refractivity (Wildman–Crippen MR) is 111 cm³/mol. The molecule has 28 heavy (non-hydrogen) atoms. The van der Waals surface area contributed by atoms with Crippen molar-refractivity contribution in [2.24, 2.45) is 5.73 Å². The van der Waals surface area contributed by atoms with Gasteiger partial charge >= 0.3 is 0 Å². The summed E-state index contributed by atoms with van der Waals surface area (Å²) in [4.78, 5) is 21.4. The molecule has 2 heterocycles. The summed E-state index contributed by atoms with van der Waals surface area (Å²) >= 11 is 0. The van der Waals surface area contributed by atoms with Gasteiger partial charge in [0.25, 0.3) is 0 Å². The summed E-state index contributed by atoms with van der Waals surface area (Å²) in [7, 11) is 0. The van der Waals surface area contributed by atoms with E-state index in [1.54, 1.807) is 31.2 Å². The van der Waals surface area contributed by atoms with Crippen LogP contribution >= 0.6 is 0 Å². The number of hydrogen-bond acceptors (Lipinski definition) is 6. The molecule has 0 saturated heterocycles. The van der Waals surface area contributed by atoms with E-state index in [0.29, 0.717) is 23.5 Å². The Morgan fingerprint density at radius 1 is 1.14 bits per heavy atom. The molecule has 0 radical (unpaired) electrons. The van der Waals surface area contributed by atoms with Crippen LogP contribution in [-0.2, 0) is 0 Å². The smallest absolute Gasteiger partial charge is 0.216 e. The average Bonchev–Trinajstić information content (AvgIpc) is 2.73. The van der Waals surface area contributed by atoms with Crippen LogP contribution in [0.4, 0.5) is 11.6 Å². The molecule has 0 saturated carbocycles. The van der Waals surface area contributed by atoms with Crippen LogP contribution < -0.4 is 16.8 Å². The molecule has 6 heteroatoms. The Kier molecular flexibility index (Phi) is 6.00. The number of rotatable bonds is 6. The Hall–Kier alpha value is -3.69. The number of pyridine rings is 2. The fourth-order valence-electron chi connectivity index (χ4n) is 2.74. The van der Waals surface area contributed by atoms with E-state index < -0.39 is 0 Å². The first kappa shape index (κ1) is 19.1. The fourth-order valence-corrected chi connectivity index (χ4v) is 2.74. The highest BCUT2D eigenvalue weighted by atomic mass is 16.1. The Balaban J connectivity index is 1.86. The Morgan fingerprint density at radius 2 is 1.93 bits per heavy atom. The number of anilines is 2. The van der Waals surface area contributed by atoms with Crippen molar-refractivity contribution in [2.45, 2.75) is 13.0 Å². The number of hydrogen-bond donors (Lipinski definition) is 3. The average molecular weight is 371 g/mol. The number of carbonyl (C=O) groups excluding carboxylic acids is 1. The molecule has 3 rings (SSSR count). The van der Waals surface area contributed by atoms with E-state index >= 15 is 0 Å². The highest BCUT2D eigenvalue weighted by Gasteiger charge is 2.18. The summed E-state index contributed by atoms with van der Waals surface area (Å²) < 4.78 is 0. The van der Waals surface area contributed by atoms with Gasteiger partial charge in [0.2, 0.25) is 5.78 Å². The molecule has 0 aliphatic carbocycles. The number of nitrogens with two attached hydrogens (primary N) is 2.